The van der Waals surface area contributed by atoms with Crippen LogP contribution in [-0.2, 0) is 4.74 Å². The third-order valence-electron chi connectivity index (χ3n) is 3.44. The van der Waals surface area contributed by atoms with E-state index in [0.717, 1.165) is 5.52 Å². The second kappa shape index (κ2) is 5.51. The van der Waals surface area contributed by atoms with E-state index in [4.69, 9.17) is 18.0 Å². The van der Waals surface area contributed by atoms with Crippen molar-refractivity contribution < 1.29 is 23.1 Å². The molecule has 0 bridgehead atoms. The normalized spacial score (nSPS) is 14.8. The van der Waals surface area contributed by atoms with Gasteiger partial charge in [0.1, 0.15) is 11.9 Å². The number of aromatic nitrogens is 1. The van der Waals surface area contributed by atoms with Gasteiger partial charge in [-0.15, -0.1) is 0 Å². The zero-order valence-electron chi connectivity index (χ0n) is 12.5. The first-order valence-corrected chi connectivity index (χ1v) is 6.95. The summed E-state index contributed by atoms with van der Waals surface area (Å²) in [5, 5.41) is 10.3. The summed E-state index contributed by atoms with van der Waals surface area (Å²) < 4.78 is 20.8. The molecule has 0 fully saturated rings. The zero-order valence-corrected chi connectivity index (χ0v) is 12.5. The van der Waals surface area contributed by atoms with Crippen molar-refractivity contribution in [3.63, 3.8) is 0 Å². The van der Waals surface area contributed by atoms with Crippen LogP contribution in [0.4, 0.5) is 0 Å². The predicted octanol–water partition coefficient (Wildman–Crippen LogP) is 3.02. The summed E-state index contributed by atoms with van der Waals surface area (Å²) in [7, 11) is 0. The minimum absolute atomic E-state index is 0.0351. The molecule has 2 atom stereocenters. The van der Waals surface area contributed by atoms with Gasteiger partial charge >= 0.3 is 5.82 Å². The number of aliphatic hydroxyl groups is 1. The van der Waals surface area contributed by atoms with E-state index in [9.17, 15) is 9.90 Å². The Labute approximate surface area is 125 Å². The smallest absolute Gasteiger partial charge is 0.463 e. The van der Waals surface area contributed by atoms with Gasteiger partial charge in [-0.2, -0.15) is 0 Å². The third kappa shape index (κ3) is 2.60. The molecule has 2 unspecified atom stereocenters. The molecule has 7 heteroatoms. The summed E-state index contributed by atoms with van der Waals surface area (Å²) in [6.07, 6.45) is -0.274. The second-order valence-electron chi connectivity index (χ2n) is 5.45. The van der Waals surface area contributed by atoms with Crippen LogP contribution in [0.15, 0.2) is 36.4 Å². The van der Waals surface area contributed by atoms with Crippen molar-refractivity contribution in [2.45, 2.75) is 33.2 Å². The average molecular weight is 307 g/mol. The highest BCUT2D eigenvalue weighted by atomic mass is 16.6. The zero-order chi connectivity index (χ0) is 15.9. The fourth-order valence-electron chi connectivity index (χ4n) is 2.35. The Balaban J connectivity index is 1.85. The van der Waals surface area contributed by atoms with E-state index >= 15 is 0 Å². The van der Waals surface area contributed by atoms with Gasteiger partial charge in [-0.3, -0.25) is 0 Å². The van der Waals surface area contributed by atoms with E-state index in [0.29, 0.717) is 17.0 Å². The molecule has 0 aliphatic heterocycles. The van der Waals surface area contributed by atoms with Crippen molar-refractivity contribution in [1.82, 2.24) is 4.98 Å². The molecule has 0 amide bonds. The molecule has 0 aromatic carbocycles. The number of aliphatic hydroxyl groups excluding tert-OH is 1. The number of ether oxygens (including phenoxy) is 1. The number of H-pyrrole nitrogens is 1. The Morgan fingerprint density at radius 2 is 2.09 bits per heavy atom. The first-order valence-electron chi connectivity index (χ1n) is 6.95. The van der Waals surface area contributed by atoms with Crippen LogP contribution in [-0.4, -0.2) is 10.1 Å². The maximum Gasteiger partial charge on any atom is 0.519 e. The topological polar surface area (TPSA) is 102 Å². The van der Waals surface area contributed by atoms with Crippen LogP contribution in [0.1, 0.15) is 43.5 Å². The van der Waals surface area contributed by atoms with Crippen molar-refractivity contribution in [3.8, 4) is 0 Å². The van der Waals surface area contributed by atoms with Gasteiger partial charge in [-0.1, -0.05) is 13.8 Å². The molecular weight excluding hydrogens is 290 g/mol. The molecule has 3 aromatic rings. The minimum Gasteiger partial charge on any atom is -0.463 e. The average Bonchev–Trinajstić information content (AvgIpc) is 3.09. The van der Waals surface area contributed by atoms with Gasteiger partial charge in [0, 0.05) is 12.1 Å². The maximum absolute atomic E-state index is 11.2. The van der Waals surface area contributed by atoms with E-state index in [2.05, 4.69) is 4.98 Å². The maximum atomic E-state index is 11.2. The van der Waals surface area contributed by atoms with Gasteiger partial charge in [0.15, 0.2) is 17.6 Å². The van der Waals surface area contributed by atoms with Crippen molar-refractivity contribution in [3.05, 3.63) is 46.2 Å². The van der Waals surface area contributed by atoms with Crippen LogP contribution in [0.5, 0.6) is 0 Å². The fraction of sp³-hybridized carbons (Fsp3) is 0.400. The highest BCUT2D eigenvalue weighted by Crippen LogP contribution is 2.33. The highest BCUT2D eigenvalue weighted by molar-refractivity contribution is 5.74. The van der Waals surface area contributed by atoms with Crippen LogP contribution in [0.3, 0.4) is 0 Å². The third-order valence-corrected chi connectivity index (χ3v) is 3.44. The molecule has 0 aliphatic carbocycles. The highest BCUT2D eigenvalue weighted by Gasteiger charge is 2.28. The Morgan fingerprint density at radius 3 is 2.68 bits per heavy atom. The number of nitrogens with one attached hydrogen (secondary N) is 1. The Morgan fingerprint density at radius 1 is 1.32 bits per heavy atom. The van der Waals surface area contributed by atoms with Crippen molar-refractivity contribution >= 4 is 11.1 Å². The molecule has 3 heterocycles. The van der Waals surface area contributed by atoms with Gasteiger partial charge < -0.3 is 28.1 Å². The van der Waals surface area contributed by atoms with Crippen molar-refractivity contribution in [2.24, 2.45) is 5.92 Å². The van der Waals surface area contributed by atoms with Crippen LogP contribution >= 0.6 is 0 Å². The molecule has 0 spiro atoms. The molecule has 0 saturated carbocycles. The lowest BCUT2D eigenvalue weighted by molar-refractivity contribution is -0.161. The monoisotopic (exact) mass is 307 g/mol. The largest absolute Gasteiger partial charge is 0.519 e. The van der Waals surface area contributed by atoms with E-state index < -0.39 is 18.2 Å². The summed E-state index contributed by atoms with van der Waals surface area (Å²) in [5.74, 6) is -0.189. The standard InChI is InChI=1S/C15H17NO6/c1-7(2)12(13-8(3)20-15(18)22-13)21-14(17)10-6-11-9(16-10)4-5-19-11/h4-7,12,14,16-17H,1-3H3. The molecule has 2 N–H and O–H groups in total. The first kappa shape index (κ1) is 14.7. The lowest BCUT2D eigenvalue weighted by Crippen LogP contribution is -2.16. The Bertz CT molecular complexity index is 792. The van der Waals surface area contributed by atoms with Gasteiger partial charge in [-0.05, 0) is 12.8 Å². The number of hydrogen-bond acceptors (Lipinski definition) is 6. The minimum atomic E-state index is -1.21. The summed E-state index contributed by atoms with van der Waals surface area (Å²) >= 11 is 0. The molecule has 7 nitrogen and oxygen atoms in total. The second-order valence-corrected chi connectivity index (χ2v) is 5.45. The molecule has 0 saturated heterocycles. The number of rotatable bonds is 5. The molecule has 3 rings (SSSR count). The van der Waals surface area contributed by atoms with Crippen molar-refractivity contribution in [1.29, 1.82) is 0 Å². The first-order chi connectivity index (χ1) is 10.5. The number of furan rings is 1. The van der Waals surface area contributed by atoms with E-state index in [1.54, 1.807) is 25.3 Å². The van der Waals surface area contributed by atoms with Gasteiger partial charge in [0.2, 0.25) is 0 Å². The number of hydrogen-bond donors (Lipinski definition) is 2. The predicted molar refractivity (Wildman–Crippen MR) is 76.2 cm³/mol. The molecule has 22 heavy (non-hydrogen) atoms. The summed E-state index contributed by atoms with van der Waals surface area (Å²) in [5.41, 5.74) is 1.86. The quantitative estimate of drug-likeness (QED) is 0.702. The SMILES string of the molecule is Cc1oc(=O)oc1C(OC(O)c1cc2occc2[nH]1)C(C)C. The summed E-state index contributed by atoms with van der Waals surface area (Å²) in [4.78, 5) is 14.2. The molecule has 3 aromatic heterocycles. The van der Waals surface area contributed by atoms with Crippen LogP contribution in [0, 0.1) is 12.8 Å². The Hall–Kier alpha value is -2.25. The van der Waals surface area contributed by atoms with Gasteiger partial charge in [0.25, 0.3) is 0 Å². The number of aryl methyl sites for hydroxylation is 1. The summed E-state index contributed by atoms with van der Waals surface area (Å²) in [6.45, 7) is 5.40. The van der Waals surface area contributed by atoms with Crippen molar-refractivity contribution in [2.75, 3.05) is 0 Å². The summed E-state index contributed by atoms with van der Waals surface area (Å²) in [6, 6.07) is 3.42. The lowest BCUT2D eigenvalue weighted by Gasteiger charge is -2.22. The molecule has 0 aliphatic rings. The number of fused-ring (bicyclic) bond motifs is 1. The van der Waals surface area contributed by atoms with E-state index in [1.165, 1.54) is 0 Å². The van der Waals surface area contributed by atoms with E-state index in [1.807, 2.05) is 13.8 Å². The van der Waals surface area contributed by atoms with E-state index in [-0.39, 0.29) is 11.7 Å². The Kier molecular flexibility index (Phi) is 3.67. The van der Waals surface area contributed by atoms with Crippen LogP contribution < -0.4 is 5.82 Å². The molecule has 118 valence electrons. The van der Waals surface area contributed by atoms with Crippen LogP contribution in [0.2, 0.25) is 0 Å². The number of aromatic amines is 1. The molecular formula is C15H17NO6. The van der Waals surface area contributed by atoms with Gasteiger partial charge in [0.05, 0.1) is 17.5 Å². The van der Waals surface area contributed by atoms with Crippen LogP contribution in [0.25, 0.3) is 11.1 Å². The van der Waals surface area contributed by atoms with Gasteiger partial charge in [-0.25, -0.2) is 4.79 Å². The lowest BCUT2D eigenvalue weighted by atomic mass is 10.0. The molecule has 0 radical (unpaired) electrons. The fourth-order valence-corrected chi connectivity index (χ4v) is 2.35.